The second-order valence-corrected chi connectivity index (χ2v) is 4.50. The second kappa shape index (κ2) is 6.86. The molecule has 0 bridgehead atoms. The van der Waals surface area contributed by atoms with Crippen molar-refractivity contribution in [1.82, 2.24) is 0 Å². The Balaban J connectivity index is 2.01. The summed E-state index contributed by atoms with van der Waals surface area (Å²) in [5.74, 6) is 0.247. The van der Waals surface area contributed by atoms with Crippen LogP contribution in [-0.2, 0) is 4.79 Å². The van der Waals surface area contributed by atoms with Crippen molar-refractivity contribution in [3.8, 4) is 0 Å². The molecule has 0 unspecified atom stereocenters. The Kier molecular flexibility index (Phi) is 5.65. The fourth-order valence-corrected chi connectivity index (χ4v) is 2.36. The topological polar surface area (TPSA) is 37.3 Å². The summed E-state index contributed by atoms with van der Waals surface area (Å²) >= 11 is 0. The molecule has 0 radical (unpaired) electrons. The third kappa shape index (κ3) is 5.25. The van der Waals surface area contributed by atoms with Crippen LogP contribution in [0.15, 0.2) is 0 Å². The molecule has 1 fully saturated rings. The van der Waals surface area contributed by atoms with Crippen LogP contribution in [0.5, 0.6) is 0 Å². The Morgan fingerprint density at radius 2 is 1.71 bits per heavy atom. The van der Waals surface area contributed by atoms with Crippen LogP contribution in [0.3, 0.4) is 0 Å². The molecule has 0 aromatic heterocycles. The second-order valence-electron chi connectivity index (χ2n) is 4.50. The molecule has 0 aliphatic heterocycles. The molecule has 1 N–H and O–H groups in total. The molecule has 1 aliphatic carbocycles. The van der Waals surface area contributed by atoms with Gasteiger partial charge in [-0.15, -0.1) is 0 Å². The molecule has 1 saturated carbocycles. The zero-order chi connectivity index (χ0) is 10.2. The van der Waals surface area contributed by atoms with Crippen LogP contribution in [-0.4, -0.2) is 11.1 Å². The van der Waals surface area contributed by atoms with Crippen LogP contribution >= 0.6 is 0 Å². The maximum atomic E-state index is 10.3. The average molecular weight is 198 g/mol. The van der Waals surface area contributed by atoms with E-state index >= 15 is 0 Å². The Bertz CT molecular complexity index is 158. The fourth-order valence-electron chi connectivity index (χ4n) is 2.36. The van der Waals surface area contributed by atoms with Crippen molar-refractivity contribution < 1.29 is 9.90 Å². The van der Waals surface area contributed by atoms with E-state index in [9.17, 15) is 4.79 Å². The monoisotopic (exact) mass is 198 g/mol. The highest BCUT2D eigenvalue weighted by Crippen LogP contribution is 2.26. The first-order valence-electron chi connectivity index (χ1n) is 6.01. The first-order chi connectivity index (χ1) is 6.79. The van der Waals surface area contributed by atoms with Gasteiger partial charge in [-0.1, -0.05) is 51.4 Å². The van der Waals surface area contributed by atoms with Gasteiger partial charge in [0, 0.05) is 6.42 Å². The number of carboxylic acid groups (broad SMARTS) is 1. The van der Waals surface area contributed by atoms with Gasteiger partial charge in [-0.05, 0) is 12.3 Å². The lowest BCUT2D eigenvalue weighted by Crippen LogP contribution is -2.00. The predicted molar refractivity (Wildman–Crippen MR) is 57.3 cm³/mol. The molecule has 0 aromatic rings. The summed E-state index contributed by atoms with van der Waals surface area (Å²) in [6.45, 7) is 0. The van der Waals surface area contributed by atoms with E-state index < -0.39 is 5.97 Å². The Morgan fingerprint density at radius 3 is 2.29 bits per heavy atom. The number of hydrogen-bond donors (Lipinski definition) is 1. The first kappa shape index (κ1) is 11.5. The molecule has 82 valence electrons. The largest absolute Gasteiger partial charge is 0.481 e. The summed E-state index contributed by atoms with van der Waals surface area (Å²) in [4.78, 5) is 10.3. The van der Waals surface area contributed by atoms with Crippen molar-refractivity contribution in [3.05, 3.63) is 0 Å². The van der Waals surface area contributed by atoms with E-state index in [0.717, 1.165) is 18.8 Å². The van der Waals surface area contributed by atoms with Gasteiger partial charge < -0.3 is 5.11 Å². The summed E-state index contributed by atoms with van der Waals surface area (Å²) < 4.78 is 0. The molecule has 0 spiro atoms. The smallest absolute Gasteiger partial charge is 0.303 e. The van der Waals surface area contributed by atoms with E-state index in [-0.39, 0.29) is 0 Å². The molecule has 2 nitrogen and oxygen atoms in total. The van der Waals surface area contributed by atoms with Gasteiger partial charge in [-0.3, -0.25) is 4.79 Å². The summed E-state index contributed by atoms with van der Waals surface area (Å²) in [5.41, 5.74) is 0. The summed E-state index contributed by atoms with van der Waals surface area (Å²) in [7, 11) is 0. The number of hydrogen-bond acceptors (Lipinski definition) is 1. The van der Waals surface area contributed by atoms with Crippen LogP contribution in [0.2, 0.25) is 0 Å². The molecule has 2 heteroatoms. The molecule has 0 aromatic carbocycles. The highest BCUT2D eigenvalue weighted by atomic mass is 16.4. The van der Waals surface area contributed by atoms with Crippen molar-refractivity contribution >= 4 is 5.97 Å². The van der Waals surface area contributed by atoms with E-state index in [1.54, 1.807) is 0 Å². The molecule has 0 amide bonds. The van der Waals surface area contributed by atoms with Crippen LogP contribution < -0.4 is 0 Å². The maximum absolute atomic E-state index is 10.3. The van der Waals surface area contributed by atoms with Crippen LogP contribution in [0.4, 0.5) is 0 Å². The van der Waals surface area contributed by atoms with Crippen molar-refractivity contribution in [2.24, 2.45) is 5.92 Å². The van der Waals surface area contributed by atoms with Gasteiger partial charge in [0.15, 0.2) is 0 Å². The molecular weight excluding hydrogens is 176 g/mol. The SMILES string of the molecule is O=C(O)CCCCC1CCCCCC1. The maximum Gasteiger partial charge on any atom is 0.303 e. The van der Waals surface area contributed by atoms with Crippen molar-refractivity contribution in [2.45, 2.75) is 64.2 Å². The number of aliphatic carboxylic acids is 1. The van der Waals surface area contributed by atoms with Crippen molar-refractivity contribution in [3.63, 3.8) is 0 Å². The Hall–Kier alpha value is -0.530. The van der Waals surface area contributed by atoms with Gasteiger partial charge in [0.05, 0.1) is 0 Å². The summed E-state index contributed by atoms with van der Waals surface area (Å²) in [6.07, 6.45) is 12.0. The summed E-state index contributed by atoms with van der Waals surface area (Å²) in [6, 6.07) is 0. The predicted octanol–water partition coefficient (Wildman–Crippen LogP) is 3.60. The van der Waals surface area contributed by atoms with Gasteiger partial charge in [0.2, 0.25) is 0 Å². The number of carbonyl (C=O) groups is 1. The number of unbranched alkanes of at least 4 members (excludes halogenated alkanes) is 1. The summed E-state index contributed by atoms with van der Waals surface area (Å²) in [5, 5.41) is 8.50. The zero-order valence-electron chi connectivity index (χ0n) is 9.00. The lowest BCUT2D eigenvalue weighted by atomic mass is 9.94. The first-order valence-corrected chi connectivity index (χ1v) is 6.01. The highest BCUT2D eigenvalue weighted by molar-refractivity contribution is 5.66. The number of rotatable bonds is 5. The molecule has 0 saturated heterocycles. The third-order valence-electron chi connectivity index (χ3n) is 3.23. The lowest BCUT2D eigenvalue weighted by Gasteiger charge is -2.12. The highest BCUT2D eigenvalue weighted by Gasteiger charge is 2.11. The minimum Gasteiger partial charge on any atom is -0.481 e. The van der Waals surface area contributed by atoms with E-state index in [1.807, 2.05) is 0 Å². The Labute approximate surface area is 86.7 Å². The minimum absolute atomic E-state index is 0.354. The van der Waals surface area contributed by atoms with Crippen LogP contribution in [0.1, 0.15) is 64.2 Å². The van der Waals surface area contributed by atoms with Crippen molar-refractivity contribution in [1.29, 1.82) is 0 Å². The quantitative estimate of drug-likeness (QED) is 0.541. The average Bonchev–Trinajstić information content (AvgIpc) is 2.40. The van der Waals surface area contributed by atoms with Gasteiger partial charge in [0.1, 0.15) is 0 Å². The van der Waals surface area contributed by atoms with Gasteiger partial charge >= 0.3 is 5.97 Å². The molecule has 0 atom stereocenters. The third-order valence-corrected chi connectivity index (χ3v) is 3.23. The molecule has 1 rings (SSSR count). The standard InChI is InChI=1S/C12H22O2/c13-12(14)10-6-5-9-11-7-3-1-2-4-8-11/h11H,1-10H2,(H,13,14). The van der Waals surface area contributed by atoms with Crippen LogP contribution in [0, 0.1) is 5.92 Å². The molecule has 14 heavy (non-hydrogen) atoms. The normalized spacial score (nSPS) is 19.1. The minimum atomic E-state index is -0.647. The van der Waals surface area contributed by atoms with Gasteiger partial charge in [-0.2, -0.15) is 0 Å². The van der Waals surface area contributed by atoms with Gasteiger partial charge in [0.25, 0.3) is 0 Å². The van der Waals surface area contributed by atoms with Crippen LogP contribution in [0.25, 0.3) is 0 Å². The van der Waals surface area contributed by atoms with E-state index in [4.69, 9.17) is 5.11 Å². The molecule has 1 aliphatic rings. The Morgan fingerprint density at radius 1 is 1.07 bits per heavy atom. The number of carboxylic acids is 1. The molecular formula is C12H22O2. The van der Waals surface area contributed by atoms with Gasteiger partial charge in [-0.25, -0.2) is 0 Å². The van der Waals surface area contributed by atoms with Crippen molar-refractivity contribution in [2.75, 3.05) is 0 Å². The fraction of sp³-hybridized carbons (Fsp3) is 0.917. The van der Waals surface area contributed by atoms with E-state index in [2.05, 4.69) is 0 Å². The zero-order valence-corrected chi connectivity index (χ0v) is 9.00. The molecule has 0 heterocycles. The van der Waals surface area contributed by atoms with E-state index in [1.165, 1.54) is 44.9 Å². The lowest BCUT2D eigenvalue weighted by molar-refractivity contribution is -0.137. The van der Waals surface area contributed by atoms with E-state index in [0.29, 0.717) is 6.42 Å².